The van der Waals surface area contributed by atoms with Gasteiger partial charge in [-0.3, -0.25) is 9.69 Å². The van der Waals surface area contributed by atoms with Gasteiger partial charge in [0.1, 0.15) is 5.75 Å². The van der Waals surface area contributed by atoms with Crippen molar-refractivity contribution in [2.45, 2.75) is 45.8 Å². The van der Waals surface area contributed by atoms with E-state index in [-0.39, 0.29) is 23.9 Å². The molecule has 0 saturated carbocycles. The summed E-state index contributed by atoms with van der Waals surface area (Å²) in [5.41, 5.74) is 3.62. The average Bonchev–Trinajstić information content (AvgIpc) is 2.78. The third-order valence-corrected chi connectivity index (χ3v) is 5.94. The number of fused-ring (bicyclic) bond motifs is 1. The molecule has 168 valence electrons. The SMILES string of the molecule is COc1ccc(CN2CCc3cc(OC)c(OC)cc3[C@@H]2[C@@H](C)NC(=O)C(C)C)cc1. The van der Waals surface area contributed by atoms with Gasteiger partial charge in [-0.05, 0) is 54.3 Å². The van der Waals surface area contributed by atoms with Crippen LogP contribution < -0.4 is 19.5 Å². The topological polar surface area (TPSA) is 60.0 Å². The van der Waals surface area contributed by atoms with Crippen LogP contribution in [0.5, 0.6) is 17.2 Å². The summed E-state index contributed by atoms with van der Waals surface area (Å²) < 4.78 is 16.4. The van der Waals surface area contributed by atoms with Crippen LogP contribution >= 0.6 is 0 Å². The lowest BCUT2D eigenvalue weighted by Gasteiger charge is -2.41. The molecule has 0 unspecified atom stereocenters. The second kappa shape index (κ2) is 10.1. The number of nitrogens with one attached hydrogen (secondary N) is 1. The minimum atomic E-state index is -0.0645. The fraction of sp³-hybridized carbons (Fsp3) is 0.480. The molecule has 0 saturated heterocycles. The molecule has 1 aliphatic heterocycles. The highest BCUT2D eigenvalue weighted by atomic mass is 16.5. The number of nitrogens with zero attached hydrogens (tertiary/aromatic N) is 1. The summed E-state index contributed by atoms with van der Waals surface area (Å²) in [4.78, 5) is 14.9. The van der Waals surface area contributed by atoms with Gasteiger partial charge in [0.05, 0.1) is 27.4 Å². The first-order valence-electron chi connectivity index (χ1n) is 10.8. The molecule has 1 heterocycles. The van der Waals surface area contributed by atoms with Crippen LogP contribution in [0.3, 0.4) is 0 Å². The molecule has 6 heteroatoms. The fourth-order valence-corrected chi connectivity index (χ4v) is 4.23. The molecule has 2 aromatic rings. The molecule has 0 fully saturated rings. The molecule has 6 nitrogen and oxygen atoms in total. The van der Waals surface area contributed by atoms with Gasteiger partial charge in [-0.2, -0.15) is 0 Å². The van der Waals surface area contributed by atoms with Gasteiger partial charge in [-0.15, -0.1) is 0 Å². The van der Waals surface area contributed by atoms with Crippen molar-refractivity contribution in [1.29, 1.82) is 0 Å². The lowest BCUT2D eigenvalue weighted by Crippen LogP contribution is -2.48. The van der Waals surface area contributed by atoms with E-state index in [1.165, 1.54) is 16.7 Å². The third kappa shape index (κ3) is 5.13. The molecule has 0 spiro atoms. The normalized spacial score (nSPS) is 17.1. The number of hydrogen-bond donors (Lipinski definition) is 1. The lowest BCUT2D eigenvalue weighted by atomic mass is 9.87. The summed E-state index contributed by atoms with van der Waals surface area (Å²) in [6.07, 6.45) is 0.910. The van der Waals surface area contributed by atoms with Crippen LogP contribution in [0.4, 0.5) is 0 Å². The van der Waals surface area contributed by atoms with Gasteiger partial charge in [0, 0.05) is 25.0 Å². The number of carbonyl (C=O) groups excluding carboxylic acids is 1. The molecule has 2 aromatic carbocycles. The van der Waals surface area contributed by atoms with Gasteiger partial charge in [-0.1, -0.05) is 26.0 Å². The van der Waals surface area contributed by atoms with Crippen LogP contribution in [-0.2, 0) is 17.8 Å². The van der Waals surface area contributed by atoms with E-state index in [4.69, 9.17) is 14.2 Å². The van der Waals surface area contributed by atoms with Crippen molar-refractivity contribution >= 4 is 5.91 Å². The highest BCUT2D eigenvalue weighted by Gasteiger charge is 2.34. The van der Waals surface area contributed by atoms with Crippen molar-refractivity contribution in [1.82, 2.24) is 10.2 Å². The van der Waals surface area contributed by atoms with E-state index in [0.29, 0.717) is 5.75 Å². The fourth-order valence-electron chi connectivity index (χ4n) is 4.23. The molecule has 2 atom stereocenters. The summed E-state index contributed by atoms with van der Waals surface area (Å²) in [6, 6.07) is 12.3. The maximum Gasteiger partial charge on any atom is 0.222 e. The molecule has 1 amide bonds. The Labute approximate surface area is 185 Å². The summed E-state index contributed by atoms with van der Waals surface area (Å²) >= 11 is 0. The Morgan fingerprint density at radius 2 is 1.68 bits per heavy atom. The van der Waals surface area contributed by atoms with Crippen LogP contribution in [0.25, 0.3) is 0 Å². The lowest BCUT2D eigenvalue weighted by molar-refractivity contribution is -0.125. The Bertz CT molecular complexity index is 895. The number of amides is 1. The molecule has 0 aromatic heterocycles. The Hall–Kier alpha value is -2.73. The number of carbonyl (C=O) groups is 1. The van der Waals surface area contributed by atoms with Gasteiger partial charge in [-0.25, -0.2) is 0 Å². The Balaban J connectivity index is 1.96. The Kier molecular flexibility index (Phi) is 7.44. The number of ether oxygens (including phenoxy) is 3. The maximum atomic E-state index is 12.5. The predicted octanol–water partition coefficient (Wildman–Crippen LogP) is 3.97. The van der Waals surface area contributed by atoms with E-state index >= 15 is 0 Å². The molecule has 3 rings (SSSR count). The van der Waals surface area contributed by atoms with Crippen molar-refractivity contribution in [3.8, 4) is 17.2 Å². The van der Waals surface area contributed by atoms with Gasteiger partial charge >= 0.3 is 0 Å². The van der Waals surface area contributed by atoms with E-state index in [9.17, 15) is 4.79 Å². The summed E-state index contributed by atoms with van der Waals surface area (Å²) in [6.45, 7) is 7.59. The highest BCUT2D eigenvalue weighted by Crippen LogP contribution is 2.40. The molecular formula is C25H34N2O4. The summed E-state index contributed by atoms with van der Waals surface area (Å²) in [5.74, 6) is 2.29. The second-order valence-electron chi connectivity index (χ2n) is 8.37. The van der Waals surface area contributed by atoms with Gasteiger partial charge in [0.15, 0.2) is 11.5 Å². The second-order valence-corrected chi connectivity index (χ2v) is 8.37. The number of hydrogen-bond acceptors (Lipinski definition) is 5. The molecule has 31 heavy (non-hydrogen) atoms. The maximum absolute atomic E-state index is 12.5. The zero-order valence-electron chi connectivity index (χ0n) is 19.4. The standard InChI is InChI=1S/C25H34N2O4/c1-16(2)25(28)26-17(3)24-21-14-23(31-6)22(30-5)13-19(21)11-12-27(24)15-18-7-9-20(29-4)10-8-18/h7-10,13-14,16-17,24H,11-12,15H2,1-6H3,(H,26,28)/t17-,24+/m1/s1. The number of rotatable bonds is 8. The predicted molar refractivity (Wildman–Crippen MR) is 122 cm³/mol. The Morgan fingerprint density at radius 3 is 2.26 bits per heavy atom. The third-order valence-electron chi connectivity index (χ3n) is 5.94. The first-order valence-corrected chi connectivity index (χ1v) is 10.8. The minimum absolute atomic E-state index is 0.0216. The van der Waals surface area contributed by atoms with Gasteiger partial charge in [0.25, 0.3) is 0 Å². The van der Waals surface area contributed by atoms with Crippen LogP contribution in [0.15, 0.2) is 36.4 Å². The van der Waals surface area contributed by atoms with Gasteiger partial charge < -0.3 is 19.5 Å². The smallest absolute Gasteiger partial charge is 0.222 e. The molecule has 0 bridgehead atoms. The first-order chi connectivity index (χ1) is 14.9. The van der Waals surface area contributed by atoms with E-state index in [2.05, 4.69) is 41.4 Å². The minimum Gasteiger partial charge on any atom is -0.497 e. The zero-order chi connectivity index (χ0) is 22.5. The molecule has 0 aliphatic carbocycles. The van der Waals surface area contributed by atoms with Crippen LogP contribution in [0.1, 0.15) is 43.5 Å². The Morgan fingerprint density at radius 1 is 1.03 bits per heavy atom. The quantitative estimate of drug-likeness (QED) is 0.692. The van der Waals surface area contributed by atoms with Crippen molar-refractivity contribution < 1.29 is 19.0 Å². The molecule has 1 aliphatic rings. The van der Waals surface area contributed by atoms with E-state index < -0.39 is 0 Å². The largest absolute Gasteiger partial charge is 0.497 e. The van der Waals surface area contributed by atoms with Crippen molar-refractivity contribution in [2.24, 2.45) is 5.92 Å². The molecule has 0 radical (unpaired) electrons. The van der Waals surface area contributed by atoms with Crippen LogP contribution in [-0.4, -0.2) is 44.7 Å². The molecule has 1 N–H and O–H groups in total. The van der Waals surface area contributed by atoms with Crippen LogP contribution in [0.2, 0.25) is 0 Å². The monoisotopic (exact) mass is 426 g/mol. The summed E-state index contributed by atoms with van der Waals surface area (Å²) in [7, 11) is 4.99. The average molecular weight is 427 g/mol. The van der Waals surface area contributed by atoms with Crippen molar-refractivity contribution in [3.05, 3.63) is 53.1 Å². The molecular weight excluding hydrogens is 392 g/mol. The van der Waals surface area contributed by atoms with E-state index in [0.717, 1.165) is 31.0 Å². The van der Waals surface area contributed by atoms with Crippen molar-refractivity contribution in [3.63, 3.8) is 0 Å². The van der Waals surface area contributed by atoms with Crippen LogP contribution in [0, 0.1) is 5.92 Å². The number of benzene rings is 2. The zero-order valence-corrected chi connectivity index (χ0v) is 19.4. The van der Waals surface area contributed by atoms with E-state index in [1.54, 1.807) is 21.3 Å². The highest BCUT2D eigenvalue weighted by molar-refractivity contribution is 5.78. The summed E-state index contributed by atoms with van der Waals surface area (Å²) in [5, 5.41) is 3.22. The van der Waals surface area contributed by atoms with Crippen molar-refractivity contribution in [2.75, 3.05) is 27.9 Å². The first kappa shape index (κ1) is 22.9. The van der Waals surface area contributed by atoms with E-state index in [1.807, 2.05) is 26.0 Å². The van der Waals surface area contributed by atoms with Gasteiger partial charge in [0.2, 0.25) is 5.91 Å². The number of methoxy groups -OCH3 is 3.